The Hall–Kier alpha value is -2.28. The van der Waals surface area contributed by atoms with Crippen molar-refractivity contribution in [1.82, 2.24) is 20.6 Å². The van der Waals surface area contributed by atoms with E-state index in [1.807, 2.05) is 45.9 Å². The molecule has 128 valence electrons. The number of hydrazine groups is 1. The number of hydrogen-bond acceptors (Lipinski definition) is 4. The average molecular weight is 346 g/mol. The van der Waals surface area contributed by atoms with Crippen LogP contribution in [0.3, 0.4) is 0 Å². The van der Waals surface area contributed by atoms with Crippen LogP contribution in [0.1, 0.15) is 22.5 Å². The lowest BCUT2D eigenvalue weighted by Crippen LogP contribution is -2.44. The van der Waals surface area contributed by atoms with Crippen molar-refractivity contribution in [2.75, 3.05) is 5.75 Å². The van der Waals surface area contributed by atoms with Gasteiger partial charge in [0.25, 0.3) is 5.91 Å². The summed E-state index contributed by atoms with van der Waals surface area (Å²) in [6.07, 6.45) is 0. The third kappa shape index (κ3) is 5.13. The molecule has 1 heterocycles. The molecule has 0 saturated carbocycles. The Morgan fingerprint density at radius 1 is 1.08 bits per heavy atom. The summed E-state index contributed by atoms with van der Waals surface area (Å²) in [5.41, 5.74) is 8.89. The molecule has 24 heavy (non-hydrogen) atoms. The number of aryl methyl sites for hydroxylation is 4. The minimum Gasteiger partial charge on any atom is -0.272 e. The molecule has 1 aromatic heterocycles. The molecule has 0 unspecified atom stereocenters. The van der Waals surface area contributed by atoms with Crippen LogP contribution in [0.25, 0.3) is 0 Å². The predicted molar refractivity (Wildman–Crippen MR) is 94.6 cm³/mol. The minimum absolute atomic E-state index is 0.0735. The van der Waals surface area contributed by atoms with Crippen molar-refractivity contribution >= 4 is 23.6 Å². The smallest absolute Gasteiger partial charge is 0.260 e. The standard InChI is InChI=1S/C17H22N4O2S/c1-11-5-6-12(2)15(7-11)24-10-17(23)19-18-16(22)9-21-14(4)8-13(3)20-21/h5-8H,9-10H2,1-4H3,(H,18,22)(H,19,23). The Labute approximate surface area is 146 Å². The minimum atomic E-state index is -0.314. The van der Waals surface area contributed by atoms with Gasteiger partial charge in [-0.15, -0.1) is 11.8 Å². The van der Waals surface area contributed by atoms with Crippen LogP contribution in [0.2, 0.25) is 0 Å². The molecule has 0 fully saturated rings. The zero-order valence-corrected chi connectivity index (χ0v) is 15.2. The van der Waals surface area contributed by atoms with Crippen molar-refractivity contribution < 1.29 is 9.59 Å². The summed E-state index contributed by atoms with van der Waals surface area (Å²) in [5, 5.41) is 4.21. The molecule has 0 spiro atoms. The molecular formula is C17H22N4O2S. The van der Waals surface area contributed by atoms with E-state index in [1.54, 1.807) is 4.68 Å². The van der Waals surface area contributed by atoms with Gasteiger partial charge in [-0.3, -0.25) is 25.1 Å². The van der Waals surface area contributed by atoms with Gasteiger partial charge in [0.1, 0.15) is 6.54 Å². The van der Waals surface area contributed by atoms with Crippen LogP contribution in [0.5, 0.6) is 0 Å². The molecule has 0 aliphatic carbocycles. The number of carbonyl (C=O) groups excluding carboxylic acids is 2. The van der Waals surface area contributed by atoms with Crippen molar-refractivity contribution in [3.05, 3.63) is 46.8 Å². The van der Waals surface area contributed by atoms with Gasteiger partial charge in [0.2, 0.25) is 5.91 Å². The summed E-state index contributed by atoms with van der Waals surface area (Å²) >= 11 is 1.45. The molecule has 0 atom stereocenters. The van der Waals surface area contributed by atoms with Crippen LogP contribution >= 0.6 is 11.8 Å². The van der Waals surface area contributed by atoms with Gasteiger partial charge in [-0.05, 0) is 45.4 Å². The predicted octanol–water partition coefficient (Wildman–Crippen LogP) is 2.06. The van der Waals surface area contributed by atoms with Crippen molar-refractivity contribution in [2.45, 2.75) is 39.1 Å². The van der Waals surface area contributed by atoms with Crippen LogP contribution in [0.15, 0.2) is 29.2 Å². The second-order valence-corrected chi connectivity index (χ2v) is 6.76. The highest BCUT2D eigenvalue weighted by Gasteiger charge is 2.09. The first kappa shape index (κ1) is 18.1. The van der Waals surface area contributed by atoms with Gasteiger partial charge in [0.05, 0.1) is 11.4 Å². The maximum Gasteiger partial charge on any atom is 0.260 e. The van der Waals surface area contributed by atoms with E-state index in [0.29, 0.717) is 0 Å². The van der Waals surface area contributed by atoms with Gasteiger partial charge in [-0.1, -0.05) is 17.7 Å². The van der Waals surface area contributed by atoms with Crippen LogP contribution in [0.4, 0.5) is 0 Å². The Morgan fingerprint density at radius 3 is 2.46 bits per heavy atom. The van der Waals surface area contributed by atoms with Crippen molar-refractivity contribution in [3.63, 3.8) is 0 Å². The lowest BCUT2D eigenvalue weighted by atomic mass is 10.2. The Bertz CT molecular complexity index is 755. The van der Waals surface area contributed by atoms with E-state index in [0.717, 1.165) is 27.4 Å². The lowest BCUT2D eigenvalue weighted by molar-refractivity contribution is -0.128. The number of rotatable bonds is 5. The Balaban J connectivity index is 1.77. The van der Waals surface area contributed by atoms with Crippen LogP contribution < -0.4 is 10.9 Å². The summed E-state index contributed by atoms with van der Waals surface area (Å²) in [4.78, 5) is 24.8. The molecule has 0 saturated heterocycles. The average Bonchev–Trinajstić information content (AvgIpc) is 2.83. The van der Waals surface area contributed by atoms with E-state index >= 15 is 0 Å². The highest BCUT2D eigenvalue weighted by atomic mass is 32.2. The van der Waals surface area contributed by atoms with E-state index in [2.05, 4.69) is 22.0 Å². The summed E-state index contributed by atoms with van der Waals surface area (Å²) in [7, 11) is 0. The molecule has 2 aromatic rings. The second-order valence-electron chi connectivity index (χ2n) is 5.74. The van der Waals surface area contributed by atoms with Gasteiger partial charge >= 0.3 is 0 Å². The highest BCUT2D eigenvalue weighted by Crippen LogP contribution is 2.23. The number of hydrogen-bond donors (Lipinski definition) is 2. The fraction of sp³-hybridized carbons (Fsp3) is 0.353. The molecule has 0 aliphatic heterocycles. The maximum absolute atomic E-state index is 11.9. The van der Waals surface area contributed by atoms with Gasteiger partial charge < -0.3 is 0 Å². The summed E-state index contributed by atoms with van der Waals surface area (Å²) < 4.78 is 1.60. The molecule has 0 bridgehead atoms. The molecule has 2 rings (SSSR count). The first-order valence-electron chi connectivity index (χ1n) is 7.64. The van der Waals surface area contributed by atoms with Gasteiger partial charge in [0, 0.05) is 10.6 Å². The molecule has 1 aromatic carbocycles. The van der Waals surface area contributed by atoms with E-state index in [9.17, 15) is 9.59 Å². The van der Waals surface area contributed by atoms with E-state index < -0.39 is 0 Å². The number of benzene rings is 1. The largest absolute Gasteiger partial charge is 0.272 e. The molecule has 0 radical (unpaired) electrons. The molecule has 6 nitrogen and oxygen atoms in total. The monoisotopic (exact) mass is 346 g/mol. The first-order valence-corrected chi connectivity index (χ1v) is 8.62. The quantitative estimate of drug-likeness (QED) is 0.642. The van der Waals surface area contributed by atoms with E-state index in [-0.39, 0.29) is 24.1 Å². The van der Waals surface area contributed by atoms with Gasteiger partial charge in [-0.2, -0.15) is 5.10 Å². The van der Waals surface area contributed by atoms with Crippen LogP contribution in [-0.4, -0.2) is 27.3 Å². The fourth-order valence-corrected chi connectivity index (χ4v) is 3.12. The van der Waals surface area contributed by atoms with E-state index in [1.165, 1.54) is 11.8 Å². The zero-order chi connectivity index (χ0) is 17.7. The molecular weight excluding hydrogens is 324 g/mol. The Kier molecular flexibility index (Phi) is 6.03. The highest BCUT2D eigenvalue weighted by molar-refractivity contribution is 8.00. The SMILES string of the molecule is Cc1ccc(C)c(SCC(=O)NNC(=O)Cn2nc(C)cc2C)c1. The maximum atomic E-state index is 11.9. The summed E-state index contributed by atoms with van der Waals surface area (Å²) in [6.45, 7) is 7.85. The zero-order valence-electron chi connectivity index (χ0n) is 14.3. The Morgan fingerprint density at radius 2 is 1.79 bits per heavy atom. The fourth-order valence-electron chi connectivity index (χ4n) is 2.19. The number of amides is 2. The number of carbonyl (C=O) groups is 2. The molecule has 2 N–H and O–H groups in total. The molecule has 7 heteroatoms. The molecule has 0 aliphatic rings. The molecule has 2 amide bonds. The van der Waals surface area contributed by atoms with Crippen molar-refractivity contribution in [2.24, 2.45) is 0 Å². The number of nitrogens with zero attached hydrogens (tertiary/aromatic N) is 2. The number of nitrogens with one attached hydrogen (secondary N) is 2. The normalized spacial score (nSPS) is 10.5. The first-order chi connectivity index (χ1) is 11.3. The van der Waals surface area contributed by atoms with Crippen molar-refractivity contribution in [3.8, 4) is 0 Å². The number of thioether (sulfide) groups is 1. The van der Waals surface area contributed by atoms with Gasteiger partial charge in [-0.25, -0.2) is 0 Å². The van der Waals surface area contributed by atoms with Crippen LogP contribution in [0, 0.1) is 27.7 Å². The summed E-state index contributed by atoms with van der Waals surface area (Å²) in [6, 6.07) is 8.02. The van der Waals surface area contributed by atoms with E-state index in [4.69, 9.17) is 0 Å². The summed E-state index contributed by atoms with van der Waals surface area (Å²) in [5.74, 6) is -0.321. The topological polar surface area (TPSA) is 76.0 Å². The third-order valence-corrected chi connectivity index (χ3v) is 4.60. The van der Waals surface area contributed by atoms with Crippen LogP contribution in [-0.2, 0) is 16.1 Å². The number of aromatic nitrogens is 2. The second kappa shape index (κ2) is 8.01. The van der Waals surface area contributed by atoms with Crippen molar-refractivity contribution in [1.29, 1.82) is 0 Å². The van der Waals surface area contributed by atoms with Gasteiger partial charge in [0.15, 0.2) is 0 Å². The third-order valence-electron chi connectivity index (χ3n) is 3.44. The lowest BCUT2D eigenvalue weighted by Gasteiger charge is -2.09.